The number of nitrogens with zero attached hydrogens (tertiary/aromatic N) is 3. The topological polar surface area (TPSA) is 85.0 Å². The van der Waals surface area contributed by atoms with Gasteiger partial charge in [-0.05, 0) is 129 Å². The lowest BCUT2D eigenvalue weighted by Gasteiger charge is -2.36. The number of benzene rings is 5. The number of hydrogen-bond acceptors (Lipinski definition) is 8. The summed E-state index contributed by atoms with van der Waals surface area (Å²) in [4.78, 5) is 21.9. The first-order valence-corrected chi connectivity index (χ1v) is 23.2. The van der Waals surface area contributed by atoms with Crippen LogP contribution in [0, 0.1) is 6.92 Å². The molecule has 11 heteroatoms. The Hall–Kier alpha value is -4.32. The van der Waals surface area contributed by atoms with Gasteiger partial charge >= 0.3 is 0 Å². The molecule has 2 saturated heterocycles. The van der Waals surface area contributed by atoms with Crippen LogP contribution in [0.5, 0.6) is 0 Å². The minimum Gasteiger partial charge on any atom is -0.381 e. The molecule has 5 aromatic rings. The molecule has 5 aromatic carbocycles. The van der Waals surface area contributed by atoms with Crippen LogP contribution in [-0.2, 0) is 16.6 Å². The largest absolute Gasteiger partial charge is 0.381 e. The van der Waals surface area contributed by atoms with E-state index in [4.69, 9.17) is 11.6 Å². The van der Waals surface area contributed by atoms with Crippen molar-refractivity contribution in [2.24, 2.45) is 0 Å². The highest BCUT2D eigenvalue weighted by atomic mass is 35.5. The van der Waals surface area contributed by atoms with Crippen LogP contribution in [0.15, 0.2) is 131 Å². The number of likely N-dealkylation sites (tertiary alicyclic amines) is 1. The third kappa shape index (κ3) is 10.6. The SMILES string of the molecule is Cc1cc(S(=O)(=O)NC(=O)c2ccc(N3CCN(Cc4ccccc4-c4ccc(Cl)cc4)CC3)cc2)ccc1N[C@H](CCN1[C@H](C)CC[C@H]1C)CSc1ccccc1. The summed E-state index contributed by atoms with van der Waals surface area (Å²) in [5, 5.41) is 4.46. The highest BCUT2D eigenvalue weighted by molar-refractivity contribution is 7.99. The lowest BCUT2D eigenvalue weighted by atomic mass is 9.99. The molecule has 0 saturated carbocycles. The maximum atomic E-state index is 13.5. The highest BCUT2D eigenvalue weighted by Gasteiger charge is 2.28. The Kier molecular flexibility index (Phi) is 13.8. The molecule has 0 spiro atoms. The van der Waals surface area contributed by atoms with Gasteiger partial charge in [0.15, 0.2) is 0 Å². The summed E-state index contributed by atoms with van der Waals surface area (Å²) >= 11 is 7.96. The van der Waals surface area contributed by atoms with E-state index in [9.17, 15) is 13.2 Å². The number of aryl methyl sites for hydroxylation is 1. The number of amides is 1. The summed E-state index contributed by atoms with van der Waals surface area (Å²) < 4.78 is 29.3. The Morgan fingerprint density at radius 2 is 1.50 bits per heavy atom. The normalized spacial score (nSPS) is 18.2. The molecule has 2 N–H and O–H groups in total. The summed E-state index contributed by atoms with van der Waals surface area (Å²) in [5.41, 5.74) is 6.65. The molecule has 0 bridgehead atoms. The Bertz CT molecular complexity index is 2240. The smallest absolute Gasteiger partial charge is 0.264 e. The maximum absolute atomic E-state index is 13.5. The van der Waals surface area contributed by atoms with E-state index in [-0.39, 0.29) is 10.9 Å². The number of hydrogen-bond donors (Lipinski definition) is 2. The zero-order chi connectivity index (χ0) is 40.6. The molecular weight excluding hydrogens is 782 g/mol. The molecule has 2 aliphatic heterocycles. The minimum absolute atomic E-state index is 0.0594. The molecule has 58 heavy (non-hydrogen) atoms. The van der Waals surface area contributed by atoms with Gasteiger partial charge in [0.2, 0.25) is 0 Å². The molecule has 7 rings (SSSR count). The van der Waals surface area contributed by atoms with E-state index in [1.165, 1.54) is 28.9 Å². The summed E-state index contributed by atoms with van der Waals surface area (Å²) in [6.45, 7) is 11.9. The van der Waals surface area contributed by atoms with Crippen molar-refractivity contribution < 1.29 is 13.2 Å². The molecule has 8 nitrogen and oxygen atoms in total. The number of carbonyl (C=O) groups is 1. The van der Waals surface area contributed by atoms with Crippen LogP contribution in [0.1, 0.15) is 54.6 Å². The van der Waals surface area contributed by atoms with Crippen LogP contribution in [0.3, 0.4) is 0 Å². The van der Waals surface area contributed by atoms with Gasteiger partial charge in [-0.25, -0.2) is 13.1 Å². The van der Waals surface area contributed by atoms with Crippen LogP contribution in [0.4, 0.5) is 11.4 Å². The van der Waals surface area contributed by atoms with Crippen LogP contribution >= 0.6 is 23.4 Å². The van der Waals surface area contributed by atoms with Gasteiger partial charge in [0, 0.05) is 90.0 Å². The van der Waals surface area contributed by atoms with E-state index in [0.717, 1.165) is 79.0 Å². The predicted octanol–water partition coefficient (Wildman–Crippen LogP) is 9.59. The fraction of sp³-hybridized carbons (Fsp3) is 0.340. The Labute approximate surface area is 354 Å². The Balaban J connectivity index is 0.933. The molecule has 3 atom stereocenters. The highest BCUT2D eigenvalue weighted by Crippen LogP contribution is 2.29. The van der Waals surface area contributed by atoms with Crippen molar-refractivity contribution in [2.45, 2.75) is 74.5 Å². The predicted molar refractivity (Wildman–Crippen MR) is 241 cm³/mol. The van der Waals surface area contributed by atoms with E-state index in [2.05, 4.69) is 99.2 Å². The molecule has 2 fully saturated rings. The molecule has 304 valence electrons. The van der Waals surface area contributed by atoms with E-state index in [0.29, 0.717) is 17.6 Å². The van der Waals surface area contributed by atoms with Crippen molar-refractivity contribution in [3.05, 3.63) is 143 Å². The van der Waals surface area contributed by atoms with Gasteiger partial charge in [0.25, 0.3) is 15.9 Å². The fourth-order valence-corrected chi connectivity index (χ4v) is 10.3. The van der Waals surface area contributed by atoms with Gasteiger partial charge in [0.05, 0.1) is 4.90 Å². The van der Waals surface area contributed by atoms with Crippen LogP contribution in [-0.4, -0.2) is 80.7 Å². The van der Waals surface area contributed by atoms with Crippen LogP contribution in [0.2, 0.25) is 5.02 Å². The zero-order valence-electron chi connectivity index (χ0n) is 33.6. The number of rotatable bonds is 15. The van der Waals surface area contributed by atoms with Crippen molar-refractivity contribution in [1.29, 1.82) is 0 Å². The van der Waals surface area contributed by atoms with Crippen molar-refractivity contribution in [3.8, 4) is 11.1 Å². The molecular formula is C47H54ClN5O3S2. The van der Waals surface area contributed by atoms with E-state index >= 15 is 0 Å². The van der Waals surface area contributed by atoms with Gasteiger partial charge in [-0.1, -0.05) is 66.2 Å². The standard InChI is InChI=1S/C47H54ClN5O3S2/c1-34-31-44(23-24-46(34)49-41(33-57-43-10-5-4-6-11-43)25-26-53-35(2)13-14-36(53)3)58(55,56)50-47(54)38-17-21-42(22-18-38)52-29-27-51(28-30-52)32-39-9-7-8-12-45(39)37-15-19-40(48)20-16-37/h4-12,15-24,31,35-36,41,49H,13-14,25-30,32-33H2,1-3H3,(H,50,54)/t35-,36-,41-/m1/s1. The number of thioether (sulfide) groups is 1. The van der Waals surface area contributed by atoms with Crippen molar-refractivity contribution in [1.82, 2.24) is 14.5 Å². The average molecular weight is 837 g/mol. The molecule has 1 amide bonds. The van der Waals surface area contributed by atoms with E-state index < -0.39 is 15.9 Å². The first-order valence-electron chi connectivity index (χ1n) is 20.3. The number of halogens is 1. The summed E-state index contributed by atoms with van der Waals surface area (Å²) in [7, 11) is -4.10. The van der Waals surface area contributed by atoms with Crippen LogP contribution in [0.25, 0.3) is 11.1 Å². The molecule has 0 aliphatic carbocycles. The van der Waals surface area contributed by atoms with E-state index in [1.807, 2.05) is 55.1 Å². The van der Waals surface area contributed by atoms with Gasteiger partial charge < -0.3 is 10.2 Å². The van der Waals surface area contributed by atoms with Crippen molar-refractivity contribution in [2.75, 3.05) is 48.7 Å². The fourth-order valence-electron chi connectivity index (χ4n) is 8.13. The number of piperazine rings is 1. The molecule has 0 radical (unpaired) electrons. The molecule has 0 unspecified atom stereocenters. The molecule has 2 aliphatic rings. The Morgan fingerprint density at radius 3 is 2.19 bits per heavy atom. The van der Waals surface area contributed by atoms with Crippen molar-refractivity contribution >= 4 is 50.7 Å². The summed E-state index contributed by atoms with van der Waals surface area (Å²) in [6, 6.07) is 40.5. The average Bonchev–Trinajstić information content (AvgIpc) is 3.56. The van der Waals surface area contributed by atoms with Crippen LogP contribution < -0.4 is 14.9 Å². The molecule has 2 heterocycles. The number of sulfonamides is 1. The lowest BCUT2D eigenvalue weighted by Crippen LogP contribution is -2.46. The second-order valence-corrected chi connectivity index (χ2v) is 18.9. The third-order valence-electron chi connectivity index (χ3n) is 11.6. The second-order valence-electron chi connectivity index (χ2n) is 15.7. The zero-order valence-corrected chi connectivity index (χ0v) is 36.0. The van der Waals surface area contributed by atoms with Gasteiger partial charge in [0.1, 0.15) is 0 Å². The maximum Gasteiger partial charge on any atom is 0.264 e. The lowest BCUT2D eigenvalue weighted by molar-refractivity contribution is 0.0981. The quantitative estimate of drug-likeness (QED) is 0.101. The number of anilines is 2. The monoisotopic (exact) mass is 835 g/mol. The molecule has 0 aromatic heterocycles. The van der Waals surface area contributed by atoms with Gasteiger partial charge in [-0.15, -0.1) is 11.8 Å². The summed E-state index contributed by atoms with van der Waals surface area (Å²) in [6.07, 6.45) is 3.44. The number of nitrogens with one attached hydrogen (secondary N) is 2. The van der Waals surface area contributed by atoms with Crippen molar-refractivity contribution in [3.63, 3.8) is 0 Å². The van der Waals surface area contributed by atoms with Gasteiger partial charge in [-0.2, -0.15) is 0 Å². The number of carbonyl (C=O) groups excluding carboxylic acids is 1. The second kappa shape index (κ2) is 19.2. The third-order valence-corrected chi connectivity index (χ3v) is 14.3. The van der Waals surface area contributed by atoms with E-state index in [1.54, 1.807) is 24.3 Å². The first-order chi connectivity index (χ1) is 28.0. The first kappa shape index (κ1) is 41.8. The van der Waals surface area contributed by atoms with Gasteiger partial charge in [-0.3, -0.25) is 14.6 Å². The minimum atomic E-state index is -4.10. The Morgan fingerprint density at radius 1 is 0.828 bits per heavy atom. The summed E-state index contributed by atoms with van der Waals surface area (Å²) in [5.74, 6) is 0.227.